The van der Waals surface area contributed by atoms with Crippen LogP contribution in [0, 0.1) is 0 Å². The lowest BCUT2D eigenvalue weighted by Gasteiger charge is -2.07. The Balaban J connectivity index is 2.48. The molecule has 2 N–H and O–H groups in total. The molecule has 0 aliphatic heterocycles. The number of rotatable bonds is 2. The van der Waals surface area contributed by atoms with Crippen LogP contribution in [0.1, 0.15) is 10.4 Å². The number of aliphatic hydroxyl groups is 2. The molecule has 0 aliphatic rings. The number of benzene rings is 2. The summed E-state index contributed by atoms with van der Waals surface area (Å²) in [4.78, 5) is 11.5. The van der Waals surface area contributed by atoms with E-state index in [1.165, 1.54) is 0 Å². The fourth-order valence-corrected chi connectivity index (χ4v) is 1.56. The van der Waals surface area contributed by atoms with Crippen molar-refractivity contribution in [2.75, 3.05) is 0 Å². The predicted molar refractivity (Wildman–Crippen MR) is 57.6 cm³/mol. The quantitative estimate of drug-likeness (QED) is 0.588. The van der Waals surface area contributed by atoms with Gasteiger partial charge in [-0.1, -0.05) is 36.4 Å². The maximum atomic E-state index is 11.5. The third-order valence-electron chi connectivity index (χ3n) is 2.22. The van der Waals surface area contributed by atoms with Crippen LogP contribution in [-0.4, -0.2) is 22.7 Å². The lowest BCUT2D eigenvalue weighted by molar-refractivity contribution is -0.200. The van der Waals surface area contributed by atoms with Gasteiger partial charge in [0.05, 0.1) is 5.56 Å². The number of hydrogen-bond acceptors (Lipinski definition) is 4. The van der Waals surface area contributed by atoms with Crippen molar-refractivity contribution in [2.24, 2.45) is 0 Å². The molecule has 0 amide bonds. The van der Waals surface area contributed by atoms with Crippen LogP contribution < -0.4 is 0 Å². The Morgan fingerprint density at radius 1 is 1.06 bits per heavy atom. The highest BCUT2D eigenvalue weighted by Crippen LogP contribution is 2.19. The molecule has 0 saturated carbocycles. The van der Waals surface area contributed by atoms with Gasteiger partial charge in [-0.25, -0.2) is 4.79 Å². The van der Waals surface area contributed by atoms with Gasteiger partial charge in [0.25, 0.3) is 0 Å². The van der Waals surface area contributed by atoms with E-state index in [9.17, 15) is 4.79 Å². The molecule has 4 nitrogen and oxygen atoms in total. The molecule has 4 heteroatoms. The summed E-state index contributed by atoms with van der Waals surface area (Å²) in [6.07, 6.45) is 0. The highest BCUT2D eigenvalue weighted by molar-refractivity contribution is 6.04. The largest absolute Gasteiger partial charge is 0.407 e. The van der Waals surface area contributed by atoms with Crippen LogP contribution in [0.15, 0.2) is 42.5 Å². The van der Waals surface area contributed by atoms with E-state index in [4.69, 9.17) is 10.2 Å². The summed E-state index contributed by atoms with van der Waals surface area (Å²) in [5.74, 6) is -0.758. The third-order valence-corrected chi connectivity index (χ3v) is 2.22. The molecule has 0 atom stereocenters. The number of fused-ring (bicyclic) bond motifs is 1. The molecular formula is C12H10O4. The number of ether oxygens (including phenoxy) is 1. The van der Waals surface area contributed by atoms with Crippen LogP contribution >= 0.6 is 0 Å². The van der Waals surface area contributed by atoms with Gasteiger partial charge < -0.3 is 14.9 Å². The van der Waals surface area contributed by atoms with E-state index in [2.05, 4.69) is 4.74 Å². The summed E-state index contributed by atoms with van der Waals surface area (Å²) < 4.78 is 4.32. The zero-order valence-electron chi connectivity index (χ0n) is 8.33. The summed E-state index contributed by atoms with van der Waals surface area (Å²) in [5.41, 5.74) is 0.311. The van der Waals surface area contributed by atoms with Crippen LogP contribution in [0.5, 0.6) is 0 Å². The van der Waals surface area contributed by atoms with Gasteiger partial charge in [-0.05, 0) is 16.8 Å². The van der Waals surface area contributed by atoms with Crippen molar-refractivity contribution in [2.45, 2.75) is 6.48 Å². The topological polar surface area (TPSA) is 66.8 Å². The van der Waals surface area contributed by atoms with E-state index in [0.29, 0.717) is 5.56 Å². The number of carbonyl (C=O) groups is 1. The minimum absolute atomic E-state index is 0.311. The molecule has 2 aromatic rings. The Kier molecular flexibility index (Phi) is 2.85. The number of hydrogen-bond donors (Lipinski definition) is 2. The molecule has 0 aromatic heterocycles. The zero-order valence-corrected chi connectivity index (χ0v) is 8.33. The molecule has 0 bridgehead atoms. The van der Waals surface area contributed by atoms with E-state index in [1.807, 2.05) is 18.2 Å². The van der Waals surface area contributed by atoms with Gasteiger partial charge in [0.15, 0.2) is 0 Å². The molecule has 0 saturated heterocycles. The second kappa shape index (κ2) is 4.30. The van der Waals surface area contributed by atoms with Gasteiger partial charge in [0.2, 0.25) is 0 Å². The smallest absolute Gasteiger partial charge is 0.342 e. The molecule has 0 aliphatic carbocycles. The molecule has 2 aromatic carbocycles. The highest BCUT2D eigenvalue weighted by Gasteiger charge is 2.13. The Hall–Kier alpha value is -1.91. The third kappa shape index (κ3) is 2.03. The molecule has 0 fully saturated rings. The van der Waals surface area contributed by atoms with Gasteiger partial charge in [-0.2, -0.15) is 0 Å². The first-order valence-electron chi connectivity index (χ1n) is 4.73. The normalized spacial score (nSPS) is 10.7. The second-order valence-electron chi connectivity index (χ2n) is 3.26. The van der Waals surface area contributed by atoms with E-state index >= 15 is 0 Å². The van der Waals surface area contributed by atoms with E-state index in [0.717, 1.165) is 10.8 Å². The summed E-state index contributed by atoms with van der Waals surface area (Å²) in [6.45, 7) is -2.09. The van der Waals surface area contributed by atoms with E-state index in [-0.39, 0.29) is 0 Å². The van der Waals surface area contributed by atoms with Crippen LogP contribution in [0.2, 0.25) is 0 Å². The van der Waals surface area contributed by atoms with Crippen molar-refractivity contribution in [3.63, 3.8) is 0 Å². The summed E-state index contributed by atoms with van der Waals surface area (Å²) in [6, 6.07) is 12.4. The molecule has 0 radical (unpaired) electrons. The maximum absolute atomic E-state index is 11.5. The number of esters is 1. The summed E-state index contributed by atoms with van der Waals surface area (Å²) in [7, 11) is 0. The van der Waals surface area contributed by atoms with Gasteiger partial charge in [-0.3, -0.25) is 0 Å². The molecule has 0 heterocycles. The first-order valence-corrected chi connectivity index (χ1v) is 4.73. The lowest BCUT2D eigenvalue weighted by atomic mass is 10.1. The monoisotopic (exact) mass is 218 g/mol. The fourth-order valence-electron chi connectivity index (χ4n) is 1.56. The Labute approximate surface area is 91.7 Å². The zero-order chi connectivity index (χ0) is 11.5. The standard InChI is InChI=1S/C12H10O4/c13-11(16-12(14)15)10-7-3-5-8-4-1-2-6-9(8)10/h1-7,12,14-15H. The van der Waals surface area contributed by atoms with E-state index in [1.54, 1.807) is 24.3 Å². The van der Waals surface area contributed by atoms with Crippen molar-refractivity contribution >= 4 is 16.7 Å². The van der Waals surface area contributed by atoms with Gasteiger partial charge >= 0.3 is 12.4 Å². The molecular weight excluding hydrogens is 208 g/mol. The van der Waals surface area contributed by atoms with Crippen LogP contribution in [0.25, 0.3) is 10.8 Å². The number of carbonyl (C=O) groups excluding carboxylic acids is 1. The van der Waals surface area contributed by atoms with Crippen molar-refractivity contribution < 1.29 is 19.7 Å². The van der Waals surface area contributed by atoms with E-state index < -0.39 is 12.4 Å². The van der Waals surface area contributed by atoms with Crippen LogP contribution in [0.3, 0.4) is 0 Å². The Morgan fingerprint density at radius 2 is 1.75 bits per heavy atom. The first kappa shape index (κ1) is 10.6. The Bertz CT molecular complexity index is 514. The van der Waals surface area contributed by atoms with Crippen molar-refractivity contribution in [3.8, 4) is 0 Å². The number of aliphatic hydroxyl groups excluding tert-OH is 1. The van der Waals surface area contributed by atoms with Gasteiger partial charge in [-0.15, -0.1) is 0 Å². The second-order valence-corrected chi connectivity index (χ2v) is 3.26. The maximum Gasteiger partial charge on any atom is 0.342 e. The average molecular weight is 218 g/mol. The van der Waals surface area contributed by atoms with Crippen molar-refractivity contribution in [1.82, 2.24) is 0 Å². The highest BCUT2D eigenvalue weighted by atomic mass is 16.7. The Morgan fingerprint density at radius 3 is 2.50 bits per heavy atom. The van der Waals surface area contributed by atoms with Crippen molar-refractivity contribution in [3.05, 3.63) is 48.0 Å². The minimum Gasteiger partial charge on any atom is -0.407 e. The van der Waals surface area contributed by atoms with Gasteiger partial charge in [0, 0.05) is 0 Å². The average Bonchev–Trinajstić information content (AvgIpc) is 2.27. The SMILES string of the molecule is O=C(OC(O)O)c1cccc2ccccc12. The van der Waals surface area contributed by atoms with Gasteiger partial charge in [0.1, 0.15) is 0 Å². The first-order chi connectivity index (χ1) is 7.68. The summed E-state index contributed by atoms with van der Waals surface area (Å²) >= 11 is 0. The predicted octanol–water partition coefficient (Wildman–Crippen LogP) is 1.26. The fraction of sp³-hybridized carbons (Fsp3) is 0.0833. The lowest BCUT2D eigenvalue weighted by Crippen LogP contribution is -2.16. The van der Waals surface area contributed by atoms with Crippen LogP contribution in [-0.2, 0) is 4.74 Å². The van der Waals surface area contributed by atoms with Crippen molar-refractivity contribution in [1.29, 1.82) is 0 Å². The summed E-state index contributed by atoms with van der Waals surface area (Å²) in [5, 5.41) is 18.7. The molecule has 16 heavy (non-hydrogen) atoms. The molecule has 0 unspecified atom stereocenters. The molecule has 2 rings (SSSR count). The molecule has 82 valence electrons. The minimum atomic E-state index is -2.09. The van der Waals surface area contributed by atoms with Crippen LogP contribution in [0.4, 0.5) is 0 Å². The molecule has 0 spiro atoms.